The van der Waals surface area contributed by atoms with Crippen LogP contribution < -0.4 is 4.90 Å². The molecule has 1 atom stereocenters. The summed E-state index contributed by atoms with van der Waals surface area (Å²) in [6.07, 6.45) is 1.36. The molecule has 1 unspecified atom stereocenters. The van der Waals surface area contributed by atoms with Crippen LogP contribution in [0, 0.1) is 0 Å². The fourth-order valence-electron chi connectivity index (χ4n) is 2.33. The molecule has 96 valence electrons. The Labute approximate surface area is 114 Å². The molecule has 18 heavy (non-hydrogen) atoms. The van der Waals surface area contributed by atoms with Crippen LogP contribution in [0.1, 0.15) is 18.9 Å². The first-order valence-electron chi connectivity index (χ1n) is 5.70. The molecule has 4 nitrogen and oxygen atoms in total. The van der Waals surface area contributed by atoms with Crippen molar-refractivity contribution in [1.82, 2.24) is 0 Å². The van der Waals surface area contributed by atoms with Crippen molar-refractivity contribution in [2.24, 2.45) is 0 Å². The predicted molar refractivity (Wildman–Crippen MR) is 71.4 cm³/mol. The van der Waals surface area contributed by atoms with Gasteiger partial charge in [0.1, 0.15) is 6.04 Å². The number of aryl methyl sites for hydroxylation is 1. The second kappa shape index (κ2) is 5.10. The zero-order valence-electron chi connectivity index (χ0n) is 10.3. The van der Waals surface area contributed by atoms with Gasteiger partial charge in [-0.25, -0.2) is 4.79 Å². The second-order valence-electron chi connectivity index (χ2n) is 4.24. The number of hydrogen-bond acceptors (Lipinski definition) is 3. The number of carbonyl (C=O) groups excluding carboxylic acids is 2. The smallest absolute Gasteiger partial charge is 0.328 e. The summed E-state index contributed by atoms with van der Waals surface area (Å²) in [6.45, 7) is 1.47. The molecule has 1 aromatic rings. The van der Waals surface area contributed by atoms with Crippen LogP contribution in [-0.4, -0.2) is 25.0 Å². The van der Waals surface area contributed by atoms with E-state index in [1.807, 2.05) is 18.2 Å². The molecular formula is C13H14BrNO3. The number of fused-ring (bicyclic) bond motifs is 1. The predicted octanol–water partition coefficient (Wildman–Crippen LogP) is 2.29. The molecule has 1 aliphatic rings. The largest absolute Gasteiger partial charge is 0.467 e. The molecule has 0 bridgehead atoms. The van der Waals surface area contributed by atoms with E-state index < -0.39 is 6.04 Å². The maximum Gasteiger partial charge on any atom is 0.328 e. The van der Waals surface area contributed by atoms with Crippen LogP contribution in [0.3, 0.4) is 0 Å². The number of methoxy groups -OCH3 is 1. The van der Waals surface area contributed by atoms with Gasteiger partial charge in [-0.05, 0) is 36.6 Å². The number of nitrogens with zero attached hydrogens (tertiary/aromatic N) is 1. The van der Waals surface area contributed by atoms with E-state index in [2.05, 4.69) is 15.9 Å². The van der Waals surface area contributed by atoms with Gasteiger partial charge >= 0.3 is 5.97 Å². The first-order chi connectivity index (χ1) is 8.54. The van der Waals surface area contributed by atoms with Gasteiger partial charge in [0.2, 0.25) is 5.91 Å². The summed E-state index contributed by atoms with van der Waals surface area (Å²) in [6, 6.07) is 5.20. The summed E-state index contributed by atoms with van der Waals surface area (Å²) < 4.78 is 5.74. The molecule has 0 saturated heterocycles. The highest BCUT2D eigenvalue weighted by molar-refractivity contribution is 9.10. The van der Waals surface area contributed by atoms with E-state index >= 15 is 0 Å². The third-order valence-corrected chi connectivity index (χ3v) is 3.61. The maximum atomic E-state index is 11.8. The maximum absolute atomic E-state index is 11.8. The number of ether oxygens (including phenoxy) is 1. The number of anilines is 1. The average Bonchev–Trinajstić information content (AvgIpc) is 2.35. The SMILES string of the molecule is COC(=O)C1CCc2cc(Br)ccc2N1C(C)=O. The summed E-state index contributed by atoms with van der Waals surface area (Å²) in [5.41, 5.74) is 1.87. The van der Waals surface area contributed by atoms with Crippen molar-refractivity contribution in [1.29, 1.82) is 0 Å². The minimum absolute atomic E-state index is 0.145. The number of hydrogen-bond donors (Lipinski definition) is 0. The van der Waals surface area contributed by atoms with Gasteiger partial charge in [0.15, 0.2) is 0 Å². The number of amides is 1. The molecule has 0 saturated carbocycles. The molecule has 0 N–H and O–H groups in total. The Morgan fingerprint density at radius 1 is 1.44 bits per heavy atom. The number of halogens is 1. The van der Waals surface area contributed by atoms with E-state index in [-0.39, 0.29) is 11.9 Å². The fraction of sp³-hybridized carbons (Fsp3) is 0.385. The van der Waals surface area contributed by atoms with Crippen LogP contribution in [0.5, 0.6) is 0 Å². The van der Waals surface area contributed by atoms with Gasteiger partial charge in [-0.2, -0.15) is 0 Å². The average molecular weight is 312 g/mol. The molecular weight excluding hydrogens is 298 g/mol. The normalized spacial score (nSPS) is 18.2. The van der Waals surface area contributed by atoms with Crippen LogP contribution in [0.4, 0.5) is 5.69 Å². The van der Waals surface area contributed by atoms with Crippen molar-refractivity contribution in [2.75, 3.05) is 12.0 Å². The Balaban J connectivity index is 2.45. The Morgan fingerprint density at radius 2 is 2.17 bits per heavy atom. The molecule has 0 spiro atoms. The lowest BCUT2D eigenvalue weighted by Gasteiger charge is -2.34. The lowest BCUT2D eigenvalue weighted by atomic mass is 9.95. The van der Waals surface area contributed by atoms with E-state index in [0.717, 1.165) is 22.1 Å². The van der Waals surface area contributed by atoms with Crippen molar-refractivity contribution in [3.05, 3.63) is 28.2 Å². The molecule has 1 amide bonds. The molecule has 0 aliphatic carbocycles. The highest BCUT2D eigenvalue weighted by atomic mass is 79.9. The van der Waals surface area contributed by atoms with Gasteiger partial charge in [0, 0.05) is 17.1 Å². The topological polar surface area (TPSA) is 46.6 Å². The third-order valence-electron chi connectivity index (χ3n) is 3.11. The molecule has 1 aliphatic heterocycles. The molecule has 1 heterocycles. The summed E-state index contributed by atoms with van der Waals surface area (Å²) in [5, 5.41) is 0. The molecule has 0 aromatic heterocycles. The molecule has 5 heteroatoms. The van der Waals surface area contributed by atoms with E-state index in [0.29, 0.717) is 6.42 Å². The van der Waals surface area contributed by atoms with E-state index in [1.165, 1.54) is 18.9 Å². The third kappa shape index (κ3) is 2.27. The number of benzene rings is 1. The Bertz CT molecular complexity index is 501. The Kier molecular flexibility index (Phi) is 3.71. The molecule has 0 fully saturated rings. The second-order valence-corrected chi connectivity index (χ2v) is 5.16. The number of carbonyl (C=O) groups is 2. The van der Waals surface area contributed by atoms with Crippen LogP contribution in [0.2, 0.25) is 0 Å². The summed E-state index contributed by atoms with van der Waals surface area (Å²) >= 11 is 3.41. The molecule has 2 rings (SSSR count). The molecule has 1 aromatic carbocycles. The van der Waals surface area contributed by atoms with Crippen LogP contribution in [-0.2, 0) is 20.7 Å². The highest BCUT2D eigenvalue weighted by Gasteiger charge is 2.34. The van der Waals surface area contributed by atoms with Gasteiger partial charge in [0.25, 0.3) is 0 Å². The summed E-state index contributed by atoms with van der Waals surface area (Å²) in [4.78, 5) is 25.0. The Hall–Kier alpha value is -1.36. The summed E-state index contributed by atoms with van der Waals surface area (Å²) in [7, 11) is 1.34. The van der Waals surface area contributed by atoms with Crippen LogP contribution in [0.25, 0.3) is 0 Å². The minimum Gasteiger partial charge on any atom is -0.467 e. The number of rotatable bonds is 1. The lowest BCUT2D eigenvalue weighted by molar-refractivity contribution is -0.143. The van der Waals surface area contributed by atoms with Crippen molar-refractivity contribution >= 4 is 33.5 Å². The van der Waals surface area contributed by atoms with Gasteiger partial charge in [-0.3, -0.25) is 9.69 Å². The van der Waals surface area contributed by atoms with Crippen molar-refractivity contribution in [3.8, 4) is 0 Å². The van der Waals surface area contributed by atoms with Crippen molar-refractivity contribution < 1.29 is 14.3 Å². The zero-order valence-corrected chi connectivity index (χ0v) is 11.9. The zero-order chi connectivity index (χ0) is 13.3. The number of esters is 1. The first kappa shape index (κ1) is 13.1. The summed E-state index contributed by atoms with van der Waals surface area (Å²) in [5.74, 6) is -0.507. The van der Waals surface area contributed by atoms with Crippen molar-refractivity contribution in [3.63, 3.8) is 0 Å². The Morgan fingerprint density at radius 3 is 2.78 bits per heavy atom. The van der Waals surface area contributed by atoms with Crippen molar-refractivity contribution in [2.45, 2.75) is 25.8 Å². The van der Waals surface area contributed by atoms with Crippen LogP contribution >= 0.6 is 15.9 Å². The monoisotopic (exact) mass is 311 g/mol. The van der Waals surface area contributed by atoms with Crippen LogP contribution in [0.15, 0.2) is 22.7 Å². The van der Waals surface area contributed by atoms with Gasteiger partial charge < -0.3 is 4.74 Å². The van der Waals surface area contributed by atoms with E-state index in [4.69, 9.17) is 4.74 Å². The standard InChI is InChI=1S/C13H14BrNO3/c1-8(16)15-11-6-4-10(14)7-9(11)3-5-12(15)13(17)18-2/h4,6-7,12H,3,5H2,1-2H3. The fourth-order valence-corrected chi connectivity index (χ4v) is 2.74. The van der Waals surface area contributed by atoms with Gasteiger partial charge in [0.05, 0.1) is 7.11 Å². The van der Waals surface area contributed by atoms with E-state index in [9.17, 15) is 9.59 Å². The van der Waals surface area contributed by atoms with E-state index in [1.54, 1.807) is 0 Å². The van der Waals surface area contributed by atoms with Gasteiger partial charge in [-0.15, -0.1) is 0 Å². The minimum atomic E-state index is -0.513. The molecule has 0 radical (unpaired) electrons. The quantitative estimate of drug-likeness (QED) is 0.748. The van der Waals surface area contributed by atoms with Gasteiger partial charge in [-0.1, -0.05) is 15.9 Å². The highest BCUT2D eigenvalue weighted by Crippen LogP contribution is 2.33. The lowest BCUT2D eigenvalue weighted by Crippen LogP contribution is -2.47. The first-order valence-corrected chi connectivity index (χ1v) is 6.50.